The van der Waals surface area contributed by atoms with Crippen LogP contribution in [0.2, 0.25) is 0 Å². The molecular formula is C12H19N2. The Bertz CT molecular complexity index is 258. The van der Waals surface area contributed by atoms with Crippen molar-refractivity contribution < 1.29 is 0 Å². The molecule has 0 aromatic carbocycles. The van der Waals surface area contributed by atoms with E-state index in [2.05, 4.69) is 29.3 Å². The smallest absolute Gasteiger partial charge is 0.198 e. The summed E-state index contributed by atoms with van der Waals surface area (Å²) in [4.78, 5) is 8.08. The molecule has 2 nitrogen and oxygen atoms in total. The molecule has 14 heavy (non-hydrogen) atoms. The van der Waals surface area contributed by atoms with Gasteiger partial charge in [-0.25, -0.2) is 9.97 Å². The molecule has 1 heterocycles. The summed E-state index contributed by atoms with van der Waals surface area (Å²) in [5, 5.41) is 0. The van der Waals surface area contributed by atoms with Crippen LogP contribution in [0.1, 0.15) is 50.4 Å². The molecule has 77 valence electrons. The Hall–Kier alpha value is -0.920. The van der Waals surface area contributed by atoms with Crippen molar-refractivity contribution in [1.82, 2.24) is 9.97 Å². The summed E-state index contributed by atoms with van der Waals surface area (Å²) in [6.07, 6.45) is 10.3. The van der Waals surface area contributed by atoms with E-state index in [4.69, 9.17) is 0 Å². The van der Waals surface area contributed by atoms with Crippen LogP contribution < -0.4 is 0 Å². The highest BCUT2D eigenvalue weighted by atomic mass is 14.8. The summed E-state index contributed by atoms with van der Waals surface area (Å²) >= 11 is 0. The topological polar surface area (TPSA) is 25.8 Å². The summed E-state index contributed by atoms with van der Waals surface area (Å²) in [6, 6.07) is 2.05. The Kier molecular flexibility index (Phi) is 5.20. The van der Waals surface area contributed by atoms with Gasteiger partial charge in [-0.2, -0.15) is 0 Å². The predicted octanol–water partition coefficient (Wildman–Crippen LogP) is 3.10. The van der Waals surface area contributed by atoms with Gasteiger partial charge < -0.3 is 0 Å². The average Bonchev–Trinajstić information content (AvgIpc) is 2.18. The number of unbranched alkanes of at least 4 members (excludes halogenated alkanes) is 4. The van der Waals surface area contributed by atoms with Gasteiger partial charge in [-0.15, -0.1) is 0 Å². The molecule has 0 saturated carbocycles. The van der Waals surface area contributed by atoms with Crippen LogP contribution in [0.15, 0.2) is 6.07 Å². The van der Waals surface area contributed by atoms with Crippen LogP contribution in [-0.4, -0.2) is 9.97 Å². The molecule has 1 rings (SSSR count). The second-order valence-electron chi connectivity index (χ2n) is 3.76. The van der Waals surface area contributed by atoms with Crippen LogP contribution in [0, 0.1) is 13.3 Å². The van der Waals surface area contributed by atoms with Gasteiger partial charge in [0.2, 0.25) is 0 Å². The number of hydrogen-bond acceptors (Lipinski definition) is 2. The largest absolute Gasteiger partial charge is 0.231 e. The van der Waals surface area contributed by atoms with E-state index < -0.39 is 0 Å². The third kappa shape index (κ3) is 4.35. The number of aromatic nitrogens is 2. The van der Waals surface area contributed by atoms with E-state index in [-0.39, 0.29) is 0 Å². The molecule has 0 fully saturated rings. The van der Waals surface area contributed by atoms with E-state index in [1.165, 1.54) is 32.1 Å². The maximum atomic E-state index is 4.12. The van der Waals surface area contributed by atoms with Gasteiger partial charge in [0, 0.05) is 11.4 Å². The lowest BCUT2D eigenvalue weighted by atomic mass is 10.1. The predicted molar refractivity (Wildman–Crippen MR) is 58.1 cm³/mol. The Balaban J connectivity index is 2.18. The van der Waals surface area contributed by atoms with Crippen LogP contribution in [-0.2, 0) is 6.42 Å². The number of hydrogen-bond donors (Lipinski definition) is 0. The lowest BCUT2D eigenvalue weighted by Gasteiger charge is -2.00. The summed E-state index contributed by atoms with van der Waals surface area (Å²) in [5.41, 5.74) is 2.15. The van der Waals surface area contributed by atoms with Crippen molar-refractivity contribution in [1.29, 1.82) is 0 Å². The maximum Gasteiger partial charge on any atom is 0.198 e. The monoisotopic (exact) mass is 191 g/mol. The molecule has 1 aromatic heterocycles. The van der Waals surface area contributed by atoms with E-state index in [0.29, 0.717) is 0 Å². The standard InChI is InChI=1S/C12H19N2/c1-3-4-5-6-7-8-12-9-11(2)13-10-14-12/h9H,3-8H2,1-2H3. The summed E-state index contributed by atoms with van der Waals surface area (Å²) < 4.78 is 0. The zero-order chi connectivity index (χ0) is 10.2. The van der Waals surface area contributed by atoms with Gasteiger partial charge >= 0.3 is 0 Å². The van der Waals surface area contributed by atoms with Gasteiger partial charge in [-0.1, -0.05) is 32.6 Å². The molecule has 0 aliphatic heterocycles. The molecule has 0 N–H and O–H groups in total. The second-order valence-corrected chi connectivity index (χ2v) is 3.76. The first kappa shape index (κ1) is 11.2. The second kappa shape index (κ2) is 6.52. The zero-order valence-electron chi connectivity index (χ0n) is 9.21. The van der Waals surface area contributed by atoms with Crippen molar-refractivity contribution in [3.8, 4) is 0 Å². The van der Waals surface area contributed by atoms with E-state index in [0.717, 1.165) is 17.8 Å². The van der Waals surface area contributed by atoms with Gasteiger partial charge in [-0.3, -0.25) is 0 Å². The fraction of sp³-hybridized carbons (Fsp3) is 0.667. The molecule has 1 aromatic rings. The van der Waals surface area contributed by atoms with Crippen LogP contribution >= 0.6 is 0 Å². The minimum Gasteiger partial charge on any atom is -0.231 e. The Morgan fingerprint density at radius 1 is 1.14 bits per heavy atom. The quantitative estimate of drug-likeness (QED) is 0.646. The van der Waals surface area contributed by atoms with Crippen molar-refractivity contribution in [3.05, 3.63) is 23.8 Å². The summed E-state index contributed by atoms with van der Waals surface area (Å²) in [7, 11) is 0. The molecule has 0 aliphatic carbocycles. The first-order valence-corrected chi connectivity index (χ1v) is 5.53. The molecule has 0 aliphatic rings. The van der Waals surface area contributed by atoms with Crippen molar-refractivity contribution in [2.24, 2.45) is 0 Å². The number of nitrogens with zero attached hydrogens (tertiary/aromatic N) is 2. The first-order valence-electron chi connectivity index (χ1n) is 5.53. The Morgan fingerprint density at radius 2 is 1.93 bits per heavy atom. The lowest BCUT2D eigenvalue weighted by Crippen LogP contribution is -1.93. The molecule has 1 radical (unpaired) electrons. The number of rotatable bonds is 6. The van der Waals surface area contributed by atoms with Crippen molar-refractivity contribution in [2.75, 3.05) is 0 Å². The SMILES string of the molecule is CCCCCCCc1cc(C)n[c]n1. The van der Waals surface area contributed by atoms with E-state index in [9.17, 15) is 0 Å². The first-order chi connectivity index (χ1) is 6.83. The minimum atomic E-state index is 1.02. The van der Waals surface area contributed by atoms with Gasteiger partial charge in [0.1, 0.15) is 0 Å². The number of aryl methyl sites for hydroxylation is 2. The zero-order valence-corrected chi connectivity index (χ0v) is 9.21. The van der Waals surface area contributed by atoms with E-state index in [1.54, 1.807) is 0 Å². The third-order valence-corrected chi connectivity index (χ3v) is 2.33. The van der Waals surface area contributed by atoms with Crippen molar-refractivity contribution in [2.45, 2.75) is 52.4 Å². The Morgan fingerprint density at radius 3 is 2.64 bits per heavy atom. The molecule has 0 saturated heterocycles. The molecule has 0 bridgehead atoms. The molecule has 2 heteroatoms. The summed E-state index contributed by atoms with van der Waals surface area (Å²) in [6.45, 7) is 4.22. The van der Waals surface area contributed by atoms with Crippen LogP contribution in [0.3, 0.4) is 0 Å². The highest BCUT2D eigenvalue weighted by Gasteiger charge is 1.96. The molecular weight excluding hydrogens is 172 g/mol. The van der Waals surface area contributed by atoms with E-state index >= 15 is 0 Å². The van der Waals surface area contributed by atoms with Gasteiger partial charge in [0.15, 0.2) is 6.33 Å². The minimum absolute atomic E-state index is 1.02. The third-order valence-electron chi connectivity index (χ3n) is 2.33. The average molecular weight is 191 g/mol. The highest BCUT2D eigenvalue weighted by Crippen LogP contribution is 2.07. The maximum absolute atomic E-state index is 4.12. The van der Waals surface area contributed by atoms with Gasteiger partial charge in [0.25, 0.3) is 0 Å². The van der Waals surface area contributed by atoms with Crippen LogP contribution in [0.4, 0.5) is 0 Å². The van der Waals surface area contributed by atoms with Gasteiger partial charge in [-0.05, 0) is 25.8 Å². The van der Waals surface area contributed by atoms with Crippen LogP contribution in [0.5, 0.6) is 0 Å². The van der Waals surface area contributed by atoms with Crippen LogP contribution in [0.25, 0.3) is 0 Å². The van der Waals surface area contributed by atoms with Gasteiger partial charge in [0.05, 0.1) is 0 Å². The molecule has 0 unspecified atom stereocenters. The molecule has 0 atom stereocenters. The fourth-order valence-electron chi connectivity index (χ4n) is 1.51. The molecule has 0 amide bonds. The highest BCUT2D eigenvalue weighted by molar-refractivity contribution is 5.05. The fourth-order valence-corrected chi connectivity index (χ4v) is 1.51. The van der Waals surface area contributed by atoms with E-state index in [1.807, 2.05) is 6.92 Å². The van der Waals surface area contributed by atoms with Crippen molar-refractivity contribution in [3.63, 3.8) is 0 Å². The Labute approximate surface area is 86.8 Å². The lowest BCUT2D eigenvalue weighted by molar-refractivity contribution is 0.627. The molecule has 0 spiro atoms. The van der Waals surface area contributed by atoms with Crippen molar-refractivity contribution >= 4 is 0 Å². The summed E-state index contributed by atoms with van der Waals surface area (Å²) in [5.74, 6) is 0. The normalized spacial score (nSPS) is 10.4.